The summed E-state index contributed by atoms with van der Waals surface area (Å²) in [5.74, 6) is 1.17. The van der Waals surface area contributed by atoms with Crippen LogP contribution < -0.4 is 40.5 Å². The minimum absolute atomic E-state index is 0. The molecule has 0 saturated heterocycles. The molecule has 0 aliphatic carbocycles. The topological polar surface area (TPSA) is 122 Å². The molecule has 4 aromatic carbocycles. The van der Waals surface area contributed by atoms with Gasteiger partial charge in [0, 0.05) is 35.4 Å². The number of benzene rings is 4. The standard InChI is InChI=1S/C27H23FNO4.C13H12F2N6O.BrH/c1-30-23-8-7-19-21(11-16-3-5-18(28)6-4-16)26-20-13-25-24(32-15-33-25)12-17(20)9-10-29(26)14-22(19)27(23)31-2;14-10-1-2-11(12(15)3-10)13(22,4-20-8-16-6-18-20)5-21-9-17-7-19-21;/h3-8,12-14H,9-11,15H2,1-2H3;1-3,6-9,22H,4-5H2;1H/q+1;;/p-1. The predicted molar refractivity (Wildman–Crippen MR) is 192 cm³/mol. The van der Waals surface area contributed by atoms with Gasteiger partial charge in [0.25, 0.3) is 0 Å². The normalized spacial score (nSPS) is 12.6. The summed E-state index contributed by atoms with van der Waals surface area (Å²) in [5, 5.41) is 20.8. The van der Waals surface area contributed by atoms with Crippen LogP contribution >= 0.6 is 0 Å². The smallest absolute Gasteiger partial charge is 0.231 e. The molecular weight excluding hydrogens is 795 g/mol. The Labute approximate surface area is 329 Å². The van der Waals surface area contributed by atoms with Crippen molar-refractivity contribution in [3.8, 4) is 34.3 Å². The highest BCUT2D eigenvalue weighted by Crippen LogP contribution is 2.44. The number of nitrogens with zero attached hydrogens (tertiary/aromatic N) is 7. The average Bonchev–Trinajstić information content (AvgIpc) is 3.99. The van der Waals surface area contributed by atoms with Crippen molar-refractivity contribution in [1.29, 1.82) is 0 Å². The molecule has 2 aliphatic heterocycles. The number of aromatic nitrogens is 7. The van der Waals surface area contributed by atoms with Crippen molar-refractivity contribution in [3.05, 3.63) is 138 Å². The third kappa shape index (κ3) is 7.49. The van der Waals surface area contributed by atoms with E-state index in [9.17, 15) is 18.3 Å². The number of aliphatic hydroxyl groups is 1. The zero-order chi connectivity index (χ0) is 38.1. The molecule has 3 aromatic heterocycles. The Morgan fingerprint density at radius 2 is 1.50 bits per heavy atom. The van der Waals surface area contributed by atoms with Crippen LogP contribution in [0.15, 0.2) is 98.2 Å². The van der Waals surface area contributed by atoms with Gasteiger partial charge >= 0.3 is 0 Å². The lowest BCUT2D eigenvalue weighted by atomic mass is 9.88. The van der Waals surface area contributed by atoms with Crippen molar-refractivity contribution in [2.45, 2.75) is 38.1 Å². The predicted octanol–water partition coefficient (Wildman–Crippen LogP) is 2.57. The molecule has 0 radical (unpaired) electrons. The second-order valence-electron chi connectivity index (χ2n) is 13.2. The van der Waals surface area contributed by atoms with Crippen LogP contribution in [0.4, 0.5) is 13.2 Å². The third-order valence-electron chi connectivity index (χ3n) is 9.75. The Bertz CT molecular complexity index is 2450. The lowest BCUT2D eigenvalue weighted by Gasteiger charge is -2.28. The molecule has 0 amide bonds. The molecule has 9 rings (SSSR count). The van der Waals surface area contributed by atoms with Crippen LogP contribution in [0.25, 0.3) is 22.0 Å². The number of aryl methyl sites for hydroxylation is 2. The van der Waals surface area contributed by atoms with E-state index < -0.39 is 17.2 Å². The van der Waals surface area contributed by atoms with Gasteiger partial charge in [-0.05, 0) is 53.6 Å². The van der Waals surface area contributed by atoms with Gasteiger partial charge in [-0.15, -0.1) is 0 Å². The van der Waals surface area contributed by atoms with Crippen molar-refractivity contribution in [1.82, 2.24) is 29.5 Å². The Kier molecular flexibility index (Phi) is 10.9. The van der Waals surface area contributed by atoms with Gasteiger partial charge in [-0.2, -0.15) is 14.8 Å². The van der Waals surface area contributed by atoms with Crippen molar-refractivity contribution in [3.63, 3.8) is 0 Å². The van der Waals surface area contributed by atoms with Crippen LogP contribution in [0.5, 0.6) is 23.0 Å². The van der Waals surface area contributed by atoms with Crippen LogP contribution in [0.3, 0.4) is 0 Å². The van der Waals surface area contributed by atoms with Gasteiger partial charge in [-0.1, -0.05) is 18.2 Å². The van der Waals surface area contributed by atoms with E-state index >= 15 is 0 Å². The molecule has 0 saturated carbocycles. The first-order chi connectivity index (χ1) is 26.7. The summed E-state index contributed by atoms with van der Waals surface area (Å²) < 4.78 is 68.5. The van der Waals surface area contributed by atoms with E-state index in [1.165, 1.54) is 58.4 Å². The zero-order valence-corrected chi connectivity index (χ0v) is 31.8. The zero-order valence-electron chi connectivity index (χ0n) is 30.2. The molecule has 288 valence electrons. The fraction of sp³-hybridized carbons (Fsp3) is 0.225. The summed E-state index contributed by atoms with van der Waals surface area (Å²) in [6.07, 6.45) is 9.08. The summed E-state index contributed by atoms with van der Waals surface area (Å²) in [6, 6.07) is 17.9. The quantitative estimate of drug-likeness (QED) is 0.219. The molecule has 56 heavy (non-hydrogen) atoms. The minimum atomic E-state index is -1.70. The first-order valence-electron chi connectivity index (χ1n) is 17.3. The molecule has 7 aromatic rings. The molecule has 0 unspecified atom stereocenters. The van der Waals surface area contributed by atoms with E-state index in [-0.39, 0.29) is 48.2 Å². The van der Waals surface area contributed by atoms with Gasteiger partial charge < -0.3 is 41.0 Å². The molecule has 16 heteroatoms. The van der Waals surface area contributed by atoms with Gasteiger partial charge in [0.1, 0.15) is 48.4 Å². The lowest BCUT2D eigenvalue weighted by molar-refractivity contribution is -0.686. The molecule has 0 fully saturated rings. The van der Waals surface area contributed by atoms with E-state index in [2.05, 4.69) is 49.1 Å². The van der Waals surface area contributed by atoms with Crippen molar-refractivity contribution in [2.24, 2.45) is 0 Å². The van der Waals surface area contributed by atoms with E-state index in [1.807, 2.05) is 18.2 Å². The average molecular weight is 831 g/mol. The molecular formula is C40H35BrF3N7O5. The molecule has 0 bridgehead atoms. The fourth-order valence-electron chi connectivity index (χ4n) is 7.25. The van der Waals surface area contributed by atoms with Crippen molar-refractivity contribution in [2.75, 3.05) is 21.0 Å². The Morgan fingerprint density at radius 1 is 0.821 bits per heavy atom. The van der Waals surface area contributed by atoms with Crippen LogP contribution in [-0.2, 0) is 38.1 Å². The number of hydrogen-bond acceptors (Lipinski definition) is 9. The Morgan fingerprint density at radius 3 is 2.12 bits per heavy atom. The maximum absolute atomic E-state index is 14.1. The van der Waals surface area contributed by atoms with Gasteiger partial charge in [-0.3, -0.25) is 0 Å². The van der Waals surface area contributed by atoms with E-state index in [0.717, 1.165) is 69.8 Å². The summed E-state index contributed by atoms with van der Waals surface area (Å²) in [5.41, 5.74) is 3.95. The van der Waals surface area contributed by atoms with Gasteiger partial charge in [0.15, 0.2) is 35.7 Å². The number of fused-ring (bicyclic) bond motifs is 5. The van der Waals surface area contributed by atoms with Crippen LogP contribution in [-0.4, -0.2) is 55.6 Å². The summed E-state index contributed by atoms with van der Waals surface area (Å²) in [7, 11) is 3.31. The minimum Gasteiger partial charge on any atom is -1.00 e. The molecule has 0 atom stereocenters. The van der Waals surface area contributed by atoms with Crippen LogP contribution in [0.2, 0.25) is 0 Å². The third-order valence-corrected chi connectivity index (χ3v) is 9.75. The molecule has 2 aliphatic rings. The highest BCUT2D eigenvalue weighted by molar-refractivity contribution is 5.95. The number of pyridine rings is 1. The second-order valence-corrected chi connectivity index (χ2v) is 13.2. The number of methoxy groups -OCH3 is 2. The largest absolute Gasteiger partial charge is 1.00 e. The molecule has 1 N–H and O–H groups in total. The van der Waals surface area contributed by atoms with Gasteiger partial charge in [0.2, 0.25) is 12.5 Å². The Balaban J connectivity index is 0.000000183. The molecule has 5 heterocycles. The summed E-state index contributed by atoms with van der Waals surface area (Å²) >= 11 is 0. The lowest BCUT2D eigenvalue weighted by Crippen LogP contribution is -3.00. The fourth-order valence-corrected chi connectivity index (χ4v) is 7.25. The maximum Gasteiger partial charge on any atom is 0.231 e. The summed E-state index contributed by atoms with van der Waals surface area (Å²) in [6.45, 7) is 0.925. The molecule has 12 nitrogen and oxygen atoms in total. The van der Waals surface area contributed by atoms with Crippen LogP contribution in [0.1, 0.15) is 22.3 Å². The number of halogens is 4. The van der Waals surface area contributed by atoms with E-state index in [4.69, 9.17) is 18.9 Å². The van der Waals surface area contributed by atoms with E-state index in [0.29, 0.717) is 17.9 Å². The highest BCUT2D eigenvalue weighted by Gasteiger charge is 2.35. The van der Waals surface area contributed by atoms with E-state index in [1.54, 1.807) is 14.2 Å². The summed E-state index contributed by atoms with van der Waals surface area (Å²) in [4.78, 5) is 7.57. The Hall–Kier alpha value is -6.00. The second kappa shape index (κ2) is 16.0. The van der Waals surface area contributed by atoms with Crippen molar-refractivity contribution >= 4 is 10.8 Å². The monoisotopic (exact) mass is 829 g/mol. The molecule has 0 spiro atoms. The van der Waals surface area contributed by atoms with Crippen LogP contribution in [0, 0.1) is 17.5 Å². The van der Waals surface area contributed by atoms with Crippen molar-refractivity contribution < 1.29 is 58.8 Å². The van der Waals surface area contributed by atoms with Gasteiger partial charge in [0.05, 0.1) is 38.3 Å². The SMILES string of the molecule is COc1ccc2c(Cc3ccc(F)cc3)c3[n+](cc2c1OC)CCc1cc2c(cc1-3)OCO2.OC(Cn1cncn1)(Cn1cncn1)c1ccc(F)cc1F.[Br-]. The first-order valence-corrected chi connectivity index (χ1v) is 17.3. The highest BCUT2D eigenvalue weighted by atomic mass is 79.9. The number of ether oxygens (including phenoxy) is 4. The van der Waals surface area contributed by atoms with Gasteiger partial charge in [-0.25, -0.2) is 32.5 Å². The maximum atomic E-state index is 14.1. The first kappa shape index (κ1) is 38.3. The number of rotatable bonds is 9. The number of hydrogen-bond donors (Lipinski definition) is 1.